The van der Waals surface area contributed by atoms with E-state index in [1.54, 1.807) is 0 Å². The molecule has 0 aliphatic heterocycles. The summed E-state index contributed by atoms with van der Waals surface area (Å²) in [7, 11) is 0. The van der Waals surface area contributed by atoms with E-state index in [0.717, 1.165) is 0 Å². The molecule has 20 heavy (non-hydrogen) atoms. The average molecular weight is 280 g/mol. The Morgan fingerprint density at radius 3 is 2.65 bits per heavy atom. The molecule has 7 nitrogen and oxygen atoms in total. The lowest BCUT2D eigenvalue weighted by Gasteiger charge is -2.07. The van der Waals surface area contributed by atoms with Gasteiger partial charge in [-0.15, -0.1) is 0 Å². The maximum Gasteiger partial charge on any atom is 0.303 e. The van der Waals surface area contributed by atoms with Gasteiger partial charge in [0, 0.05) is 30.2 Å². The Morgan fingerprint density at radius 1 is 1.35 bits per heavy atom. The fraction of sp³-hybridized carbons (Fsp3) is 0.385. The Labute approximate surface area is 115 Å². The Hall–Kier alpha value is -2.44. The standard InChI is InChI=1S/C13H16N2O5/c1-9-10(5-4-6-11(9)15(19)20)13(18)14-8-3-2-7-12(16)17/h4-6H,2-3,7-8H2,1H3,(H,14,18)(H,16,17). The van der Waals surface area contributed by atoms with Crippen molar-refractivity contribution in [2.24, 2.45) is 0 Å². The molecule has 7 heteroatoms. The summed E-state index contributed by atoms with van der Waals surface area (Å²) in [5.41, 5.74) is 0.487. The molecule has 1 aromatic carbocycles. The van der Waals surface area contributed by atoms with Gasteiger partial charge in [0.2, 0.25) is 0 Å². The highest BCUT2D eigenvalue weighted by Gasteiger charge is 2.17. The van der Waals surface area contributed by atoms with Gasteiger partial charge in [0.05, 0.1) is 4.92 Å². The molecule has 0 aromatic heterocycles. The molecule has 0 bridgehead atoms. The summed E-state index contributed by atoms with van der Waals surface area (Å²) in [4.78, 5) is 32.4. The van der Waals surface area contributed by atoms with Crippen LogP contribution in [-0.4, -0.2) is 28.5 Å². The predicted octanol–water partition coefficient (Wildman–Crippen LogP) is 1.89. The lowest BCUT2D eigenvalue weighted by atomic mass is 10.1. The van der Waals surface area contributed by atoms with Gasteiger partial charge in [0.1, 0.15) is 0 Å². The van der Waals surface area contributed by atoms with Crippen molar-refractivity contribution < 1.29 is 19.6 Å². The maximum absolute atomic E-state index is 11.9. The van der Waals surface area contributed by atoms with Crippen molar-refractivity contribution in [3.05, 3.63) is 39.4 Å². The molecule has 0 saturated carbocycles. The van der Waals surface area contributed by atoms with Gasteiger partial charge in [-0.25, -0.2) is 0 Å². The zero-order chi connectivity index (χ0) is 15.1. The van der Waals surface area contributed by atoms with E-state index in [1.165, 1.54) is 25.1 Å². The van der Waals surface area contributed by atoms with Gasteiger partial charge < -0.3 is 10.4 Å². The molecule has 0 heterocycles. The molecule has 1 aromatic rings. The Kier molecular flexibility index (Phi) is 5.64. The molecule has 1 amide bonds. The van der Waals surface area contributed by atoms with E-state index in [1.807, 2.05) is 0 Å². The third-order valence-electron chi connectivity index (χ3n) is 2.85. The van der Waals surface area contributed by atoms with Gasteiger partial charge in [0.15, 0.2) is 0 Å². The summed E-state index contributed by atoms with van der Waals surface area (Å²) < 4.78 is 0. The summed E-state index contributed by atoms with van der Waals surface area (Å²) in [6.07, 6.45) is 1.08. The molecule has 108 valence electrons. The normalized spacial score (nSPS) is 10.1. The zero-order valence-corrected chi connectivity index (χ0v) is 11.1. The number of carboxylic acid groups (broad SMARTS) is 1. The topological polar surface area (TPSA) is 110 Å². The third-order valence-corrected chi connectivity index (χ3v) is 2.85. The van der Waals surface area contributed by atoms with E-state index in [0.29, 0.717) is 24.9 Å². The van der Waals surface area contributed by atoms with Crippen LogP contribution < -0.4 is 5.32 Å². The number of hydrogen-bond donors (Lipinski definition) is 2. The van der Waals surface area contributed by atoms with E-state index in [9.17, 15) is 19.7 Å². The van der Waals surface area contributed by atoms with Gasteiger partial charge in [-0.2, -0.15) is 0 Å². The number of carbonyl (C=O) groups is 2. The first-order valence-corrected chi connectivity index (χ1v) is 6.17. The number of aliphatic carboxylic acids is 1. The third kappa shape index (κ3) is 4.34. The molecule has 1 rings (SSSR count). The Bertz CT molecular complexity index is 527. The van der Waals surface area contributed by atoms with Crippen LogP contribution in [0.15, 0.2) is 18.2 Å². The highest BCUT2D eigenvalue weighted by atomic mass is 16.6. The second-order valence-corrected chi connectivity index (χ2v) is 4.31. The molecule has 0 fully saturated rings. The van der Waals surface area contributed by atoms with Crippen LogP contribution >= 0.6 is 0 Å². The van der Waals surface area contributed by atoms with Crippen LogP contribution in [0.4, 0.5) is 5.69 Å². The van der Waals surface area contributed by atoms with Crippen LogP contribution in [0.3, 0.4) is 0 Å². The number of carboxylic acids is 1. The number of rotatable bonds is 7. The fourth-order valence-corrected chi connectivity index (χ4v) is 1.77. The van der Waals surface area contributed by atoms with E-state index in [2.05, 4.69) is 5.32 Å². The van der Waals surface area contributed by atoms with Gasteiger partial charge in [-0.05, 0) is 25.8 Å². The van der Waals surface area contributed by atoms with E-state index in [4.69, 9.17) is 5.11 Å². The zero-order valence-electron chi connectivity index (χ0n) is 11.1. The average Bonchev–Trinajstić information content (AvgIpc) is 2.37. The van der Waals surface area contributed by atoms with Crippen molar-refractivity contribution in [2.45, 2.75) is 26.2 Å². The first-order chi connectivity index (χ1) is 9.43. The van der Waals surface area contributed by atoms with Gasteiger partial charge in [0.25, 0.3) is 11.6 Å². The lowest BCUT2D eigenvalue weighted by molar-refractivity contribution is -0.385. The van der Waals surface area contributed by atoms with E-state index >= 15 is 0 Å². The van der Waals surface area contributed by atoms with Crippen LogP contribution in [0.1, 0.15) is 35.2 Å². The van der Waals surface area contributed by atoms with Crippen molar-refractivity contribution in [3.63, 3.8) is 0 Å². The predicted molar refractivity (Wildman–Crippen MR) is 71.7 cm³/mol. The van der Waals surface area contributed by atoms with E-state index in [-0.39, 0.29) is 23.6 Å². The van der Waals surface area contributed by atoms with Gasteiger partial charge in [-0.3, -0.25) is 19.7 Å². The number of nitro benzene ring substituents is 1. The van der Waals surface area contributed by atoms with Crippen LogP contribution in [0, 0.1) is 17.0 Å². The van der Waals surface area contributed by atoms with Crippen molar-refractivity contribution in [1.82, 2.24) is 5.32 Å². The van der Waals surface area contributed by atoms with Crippen LogP contribution in [0.2, 0.25) is 0 Å². The monoisotopic (exact) mass is 280 g/mol. The van der Waals surface area contributed by atoms with Crippen molar-refractivity contribution in [1.29, 1.82) is 0 Å². The Morgan fingerprint density at radius 2 is 2.05 bits per heavy atom. The SMILES string of the molecule is Cc1c(C(=O)NCCCCC(=O)O)cccc1[N+](=O)[O-]. The van der Waals surface area contributed by atoms with Gasteiger partial charge in [-0.1, -0.05) is 6.07 Å². The quantitative estimate of drug-likeness (QED) is 0.450. The first-order valence-electron chi connectivity index (χ1n) is 6.17. The molecular formula is C13H16N2O5. The molecule has 0 aliphatic carbocycles. The molecule has 0 unspecified atom stereocenters. The molecular weight excluding hydrogens is 264 g/mol. The Balaban J connectivity index is 2.58. The van der Waals surface area contributed by atoms with Crippen molar-refractivity contribution in [3.8, 4) is 0 Å². The number of amides is 1. The molecule has 0 saturated heterocycles. The number of benzene rings is 1. The highest BCUT2D eigenvalue weighted by molar-refractivity contribution is 5.96. The summed E-state index contributed by atoms with van der Waals surface area (Å²) >= 11 is 0. The largest absolute Gasteiger partial charge is 0.481 e. The number of carbonyl (C=O) groups excluding carboxylic acids is 1. The van der Waals surface area contributed by atoms with Crippen molar-refractivity contribution in [2.75, 3.05) is 6.54 Å². The summed E-state index contributed by atoms with van der Waals surface area (Å²) in [6.45, 7) is 1.87. The second kappa shape index (κ2) is 7.22. The summed E-state index contributed by atoms with van der Waals surface area (Å²) in [6, 6.07) is 4.33. The summed E-state index contributed by atoms with van der Waals surface area (Å²) in [5.74, 6) is -1.26. The number of nitrogens with one attached hydrogen (secondary N) is 1. The van der Waals surface area contributed by atoms with E-state index < -0.39 is 10.9 Å². The van der Waals surface area contributed by atoms with Crippen molar-refractivity contribution >= 4 is 17.6 Å². The number of nitro groups is 1. The molecule has 2 N–H and O–H groups in total. The smallest absolute Gasteiger partial charge is 0.303 e. The molecule has 0 radical (unpaired) electrons. The molecule has 0 atom stereocenters. The first kappa shape index (κ1) is 15.6. The number of unbranched alkanes of at least 4 members (excludes halogenated alkanes) is 1. The molecule has 0 spiro atoms. The number of nitrogens with zero attached hydrogens (tertiary/aromatic N) is 1. The van der Waals surface area contributed by atoms with Crippen LogP contribution in [0.5, 0.6) is 0 Å². The minimum atomic E-state index is -0.870. The summed E-state index contributed by atoms with van der Waals surface area (Å²) in [5, 5.41) is 21.9. The lowest BCUT2D eigenvalue weighted by Crippen LogP contribution is -2.25. The maximum atomic E-state index is 11.9. The minimum Gasteiger partial charge on any atom is -0.481 e. The van der Waals surface area contributed by atoms with Crippen LogP contribution in [-0.2, 0) is 4.79 Å². The second-order valence-electron chi connectivity index (χ2n) is 4.31. The fourth-order valence-electron chi connectivity index (χ4n) is 1.77. The molecule has 0 aliphatic rings. The highest BCUT2D eigenvalue weighted by Crippen LogP contribution is 2.20. The van der Waals surface area contributed by atoms with Crippen LogP contribution in [0.25, 0.3) is 0 Å². The number of hydrogen-bond acceptors (Lipinski definition) is 4. The minimum absolute atomic E-state index is 0.0612. The van der Waals surface area contributed by atoms with Gasteiger partial charge >= 0.3 is 5.97 Å².